The Bertz CT molecular complexity index is 1690. The van der Waals surface area contributed by atoms with Gasteiger partial charge in [0.25, 0.3) is 11.9 Å². The second kappa shape index (κ2) is 13.0. The van der Waals surface area contributed by atoms with Crippen LogP contribution in [0.1, 0.15) is 82.9 Å². The van der Waals surface area contributed by atoms with Crippen LogP contribution in [0.25, 0.3) is 11.0 Å². The number of carbonyl (C=O) groups excluding carboxylic acids is 4. The van der Waals surface area contributed by atoms with E-state index in [0.717, 1.165) is 30.4 Å². The number of allylic oxidation sites excluding steroid dienone is 1. The van der Waals surface area contributed by atoms with Crippen LogP contribution in [0.5, 0.6) is 0 Å². The van der Waals surface area contributed by atoms with Gasteiger partial charge in [-0.05, 0) is 88.8 Å². The summed E-state index contributed by atoms with van der Waals surface area (Å²) in [5, 5.41) is 31.3. The molecule has 6 rings (SSSR count). The highest BCUT2D eigenvalue weighted by molar-refractivity contribution is 6.04. The zero-order valence-electron chi connectivity index (χ0n) is 27.9. The van der Waals surface area contributed by atoms with E-state index in [0.29, 0.717) is 30.3 Å². The van der Waals surface area contributed by atoms with Crippen molar-refractivity contribution in [2.75, 3.05) is 11.9 Å². The summed E-state index contributed by atoms with van der Waals surface area (Å²) in [5.41, 5.74) is 1.57. The van der Waals surface area contributed by atoms with Gasteiger partial charge in [0.1, 0.15) is 34.3 Å². The van der Waals surface area contributed by atoms with Gasteiger partial charge in [-0.25, -0.2) is 4.79 Å². The molecule has 2 fully saturated rings. The number of tetrazole rings is 1. The van der Waals surface area contributed by atoms with Gasteiger partial charge in [0.05, 0.1) is 6.04 Å². The van der Waals surface area contributed by atoms with Gasteiger partial charge in [-0.1, -0.05) is 30.1 Å². The number of rotatable bonds is 4. The quantitative estimate of drug-likeness (QED) is 0.301. The van der Waals surface area contributed by atoms with Crippen molar-refractivity contribution in [2.45, 2.75) is 109 Å². The first-order chi connectivity index (χ1) is 22.8. The summed E-state index contributed by atoms with van der Waals surface area (Å²) >= 11 is 0. The van der Waals surface area contributed by atoms with Crippen LogP contribution in [-0.4, -0.2) is 94.1 Å². The molecular weight excluding hydrogens is 618 g/mol. The van der Waals surface area contributed by atoms with E-state index in [1.54, 1.807) is 25.6 Å². The average Bonchev–Trinajstić information content (AvgIpc) is 3.43. The van der Waals surface area contributed by atoms with Crippen molar-refractivity contribution in [2.24, 2.45) is 5.92 Å². The summed E-state index contributed by atoms with van der Waals surface area (Å²) in [6.45, 7) is 9.41. The monoisotopic (exact) mass is 661 g/mol. The Morgan fingerprint density at radius 1 is 1.06 bits per heavy atom. The lowest BCUT2D eigenvalue weighted by molar-refractivity contribution is -0.141. The lowest BCUT2D eigenvalue weighted by atomic mass is 10.0. The van der Waals surface area contributed by atoms with Crippen molar-refractivity contribution < 1.29 is 23.9 Å². The maximum absolute atomic E-state index is 14.4. The summed E-state index contributed by atoms with van der Waals surface area (Å²) in [6, 6.07) is 1.61. The van der Waals surface area contributed by atoms with Gasteiger partial charge in [0, 0.05) is 18.9 Å². The zero-order valence-corrected chi connectivity index (χ0v) is 27.9. The Labute approximate surface area is 277 Å². The van der Waals surface area contributed by atoms with Gasteiger partial charge >= 0.3 is 6.09 Å². The van der Waals surface area contributed by atoms with Gasteiger partial charge in [-0.15, -0.1) is 5.10 Å². The predicted molar refractivity (Wildman–Crippen MR) is 173 cm³/mol. The van der Waals surface area contributed by atoms with Crippen molar-refractivity contribution in [3.63, 3.8) is 0 Å². The van der Waals surface area contributed by atoms with Crippen LogP contribution >= 0.6 is 0 Å². The molecule has 0 radical (unpaired) electrons. The van der Waals surface area contributed by atoms with Gasteiger partial charge in [-0.3, -0.25) is 19.7 Å². The largest absolute Gasteiger partial charge is 0.444 e. The van der Waals surface area contributed by atoms with E-state index < -0.39 is 53.1 Å². The molecule has 0 spiro atoms. The molecule has 48 heavy (non-hydrogen) atoms. The highest BCUT2D eigenvalue weighted by atomic mass is 16.6. The number of benzene rings is 1. The van der Waals surface area contributed by atoms with Crippen LogP contribution in [0.2, 0.25) is 0 Å². The fourth-order valence-electron chi connectivity index (χ4n) is 6.49. The molecule has 3 aromatic rings. The summed E-state index contributed by atoms with van der Waals surface area (Å²) < 4.78 is 5.50. The summed E-state index contributed by atoms with van der Waals surface area (Å²) in [7, 11) is 0. The third kappa shape index (κ3) is 7.01. The Balaban J connectivity index is 1.32. The molecule has 1 saturated carbocycles. The number of nitrogens with one attached hydrogen (secondary N) is 4. The second-order valence-electron chi connectivity index (χ2n) is 14.1. The summed E-state index contributed by atoms with van der Waals surface area (Å²) in [5.74, 6) is -1.63. The van der Waals surface area contributed by atoms with E-state index >= 15 is 0 Å². The van der Waals surface area contributed by atoms with Gasteiger partial charge in [0.15, 0.2) is 0 Å². The normalized spacial score (nSPS) is 27.2. The number of fused-ring (bicyclic) bond motifs is 3. The van der Waals surface area contributed by atoms with E-state index in [9.17, 15) is 19.2 Å². The van der Waals surface area contributed by atoms with Crippen molar-refractivity contribution in [1.82, 2.24) is 51.2 Å². The number of hydrogen-bond donors (Lipinski definition) is 4. The molecule has 3 aliphatic rings. The zero-order chi connectivity index (χ0) is 34.2. The molecular formula is C32H43N11O5. The van der Waals surface area contributed by atoms with Crippen molar-refractivity contribution in [1.29, 1.82) is 0 Å². The Morgan fingerprint density at radius 2 is 1.79 bits per heavy atom. The molecule has 2 aliphatic heterocycles. The van der Waals surface area contributed by atoms with Gasteiger partial charge < -0.3 is 20.3 Å². The molecule has 0 unspecified atom stereocenters. The van der Waals surface area contributed by atoms with Crippen molar-refractivity contribution in [3.8, 4) is 0 Å². The number of ether oxygens (including phenoxy) is 1. The Hall–Kier alpha value is -4.89. The first kappa shape index (κ1) is 33.0. The van der Waals surface area contributed by atoms with Crippen molar-refractivity contribution >= 4 is 40.8 Å². The van der Waals surface area contributed by atoms with E-state index in [-0.39, 0.29) is 24.8 Å². The molecule has 4 N–H and O–H groups in total. The van der Waals surface area contributed by atoms with Crippen molar-refractivity contribution in [3.05, 3.63) is 35.4 Å². The number of nitrogens with zero attached hydrogens (tertiary/aromatic N) is 7. The molecule has 5 atom stereocenters. The third-order valence-corrected chi connectivity index (χ3v) is 9.26. The minimum absolute atomic E-state index is 0.00904. The molecule has 1 saturated heterocycles. The molecule has 16 heteroatoms. The first-order valence-electron chi connectivity index (χ1n) is 16.5. The van der Waals surface area contributed by atoms with E-state index in [2.05, 4.69) is 36.6 Å². The number of amides is 4. The molecule has 16 nitrogen and oxygen atoms in total. The maximum Gasteiger partial charge on any atom is 0.408 e. The molecule has 1 aliphatic carbocycles. The number of alkyl carbamates (subject to hydrolysis) is 1. The SMILES string of the molecule is Cc1cc2nn([C@@H]3C[C@H]4C(=O)N[C@]5(C(=O)Nc6nn[nH]n6)C[C@@H]5/C=C\CCCCC[C@H](NC(=O)OC(C)(C)C)C(=O)N4C3)nc2cc1C. The van der Waals surface area contributed by atoms with Crippen LogP contribution in [0.15, 0.2) is 24.3 Å². The molecule has 256 valence electrons. The van der Waals surface area contributed by atoms with Crippen LogP contribution in [0.4, 0.5) is 10.7 Å². The second-order valence-corrected chi connectivity index (χ2v) is 14.1. The summed E-state index contributed by atoms with van der Waals surface area (Å²) in [4.78, 5) is 58.2. The lowest BCUT2D eigenvalue weighted by Crippen LogP contribution is -2.57. The van der Waals surface area contributed by atoms with E-state index in [1.807, 2.05) is 38.1 Å². The first-order valence-corrected chi connectivity index (χ1v) is 16.5. The Morgan fingerprint density at radius 3 is 2.46 bits per heavy atom. The van der Waals surface area contributed by atoms with Crippen LogP contribution in [0.3, 0.4) is 0 Å². The number of aromatic amines is 1. The Kier molecular flexibility index (Phi) is 8.92. The minimum atomic E-state index is -1.26. The standard InChI is InChI=1S/C32H43N11O5/c1-18-13-23-24(14-19(18)2)39-43(38-23)21-15-25-26(44)35-32(28(46)34-29-36-40-41-37-29)16-20(32)11-9-7-6-8-10-12-22(27(45)42(25)17-21)33-30(47)48-31(3,4)5/h9,11,13-14,20-22,25H,6-8,10,12,15-17H2,1-5H3,(H,33,47)(H,35,44)(H2,34,36,37,40,41,46)/b11-9-/t20-,21+,22-,25-,32+/m0/s1. The predicted octanol–water partition coefficient (Wildman–Crippen LogP) is 2.63. The lowest BCUT2D eigenvalue weighted by Gasteiger charge is -2.30. The van der Waals surface area contributed by atoms with Crippen LogP contribution in [0, 0.1) is 19.8 Å². The van der Waals surface area contributed by atoms with E-state index in [1.165, 1.54) is 4.90 Å². The smallest absolute Gasteiger partial charge is 0.408 e. The fraction of sp³-hybridized carbons (Fsp3) is 0.594. The van der Waals surface area contributed by atoms with Crippen LogP contribution < -0.4 is 16.0 Å². The third-order valence-electron chi connectivity index (χ3n) is 9.26. The topological polar surface area (TPSA) is 202 Å². The average molecular weight is 662 g/mol. The fourth-order valence-corrected chi connectivity index (χ4v) is 6.49. The number of carbonyl (C=O) groups is 4. The summed E-state index contributed by atoms with van der Waals surface area (Å²) in [6.07, 6.45) is 7.37. The highest BCUT2D eigenvalue weighted by Gasteiger charge is 2.61. The van der Waals surface area contributed by atoms with Gasteiger partial charge in [0.2, 0.25) is 11.8 Å². The van der Waals surface area contributed by atoms with Gasteiger partial charge in [-0.2, -0.15) is 20.2 Å². The maximum atomic E-state index is 14.4. The number of anilines is 1. The molecule has 4 heterocycles. The molecule has 2 aromatic heterocycles. The number of H-pyrrole nitrogens is 1. The number of aryl methyl sites for hydroxylation is 2. The molecule has 0 bridgehead atoms. The number of hydrogen-bond acceptors (Lipinski definition) is 10. The number of aromatic nitrogens is 7. The van der Waals surface area contributed by atoms with Crippen LogP contribution in [-0.2, 0) is 19.1 Å². The highest BCUT2D eigenvalue weighted by Crippen LogP contribution is 2.46. The minimum Gasteiger partial charge on any atom is -0.444 e. The molecule has 1 aromatic carbocycles. The van der Waals surface area contributed by atoms with E-state index in [4.69, 9.17) is 14.9 Å². The molecule has 4 amide bonds.